The number of piperazine rings is 1. The minimum Gasteiger partial charge on any atom is -0.611 e. The number of anilines is 4. The van der Waals surface area contributed by atoms with Crippen LogP contribution in [0.3, 0.4) is 0 Å². The molecule has 3 amide bonds. The van der Waals surface area contributed by atoms with Crippen molar-refractivity contribution in [1.82, 2.24) is 40.0 Å². The standard InChI is InChI=1S/C48H64N12O5S/c61-31-48(13-1-14-48)54-43-42-39(12-25-66(42)65)51-47(53-43)59-23-21-58(22-24-59)46-49-27-37(28-50-46)57-19-10-36(11-20-57)56-17-6-32(7-18-56)29-55-15-8-33(9-16-55)34-2-3-38-35(26-34)30-60(45(38)64)40-4-5-41(62)52-44(40)63/h2-3,26-28,32-33,36,40,61H,1,4-25,29-31H2,(H,51,53,54)(H,52,62,63)/t40?,66-/m1/s1. The van der Waals surface area contributed by atoms with E-state index in [1.54, 1.807) is 4.90 Å². The molecule has 1 aromatic carbocycles. The number of aliphatic hydroxyl groups excluding tert-OH is 1. The number of fused-ring (bicyclic) bond motifs is 2. The van der Waals surface area contributed by atoms with Crippen molar-refractivity contribution in [2.45, 2.75) is 112 Å². The summed E-state index contributed by atoms with van der Waals surface area (Å²) in [4.78, 5) is 71.5. The molecule has 3 N–H and O–H groups in total. The molecule has 1 saturated carbocycles. The maximum atomic E-state index is 13.2. The molecule has 66 heavy (non-hydrogen) atoms. The normalized spacial score (nSPS) is 25.8. The number of rotatable bonds is 11. The Kier molecular flexibility index (Phi) is 12.3. The predicted octanol–water partition coefficient (Wildman–Crippen LogP) is 2.91. The number of nitrogens with zero attached hydrogens (tertiary/aromatic N) is 10. The average Bonchev–Trinajstić information content (AvgIpc) is 3.88. The number of carbonyl (C=O) groups excluding carboxylic acids is 3. The van der Waals surface area contributed by atoms with Crippen LogP contribution in [0.25, 0.3) is 0 Å². The monoisotopic (exact) mass is 920 g/mol. The molecular weight excluding hydrogens is 857 g/mol. The fourth-order valence-electron chi connectivity index (χ4n) is 12.0. The van der Waals surface area contributed by atoms with Crippen molar-refractivity contribution in [3.05, 3.63) is 53.0 Å². The topological polar surface area (TPSA) is 190 Å². The van der Waals surface area contributed by atoms with Gasteiger partial charge in [0, 0.05) is 76.8 Å². The van der Waals surface area contributed by atoms with Crippen LogP contribution in [0.4, 0.5) is 23.4 Å². The lowest BCUT2D eigenvalue weighted by atomic mass is 9.77. The Morgan fingerprint density at radius 3 is 2.23 bits per heavy atom. The molecule has 2 aromatic heterocycles. The maximum absolute atomic E-state index is 13.2. The fourth-order valence-corrected chi connectivity index (χ4v) is 13.3. The molecule has 0 bridgehead atoms. The lowest BCUT2D eigenvalue weighted by Crippen LogP contribution is -2.52. The van der Waals surface area contributed by atoms with Crippen LogP contribution in [0.1, 0.15) is 104 Å². The van der Waals surface area contributed by atoms with Crippen molar-refractivity contribution in [3.63, 3.8) is 0 Å². The minimum absolute atomic E-state index is 0.0399. The van der Waals surface area contributed by atoms with Crippen LogP contribution < -0.4 is 25.3 Å². The van der Waals surface area contributed by atoms with Gasteiger partial charge in [-0.05, 0) is 131 Å². The van der Waals surface area contributed by atoms with E-state index in [0.29, 0.717) is 54.4 Å². The molecule has 0 radical (unpaired) electrons. The number of nitrogens with one attached hydrogen (secondary N) is 2. The molecule has 7 aliphatic heterocycles. The Hall–Kier alpha value is -4.62. The summed E-state index contributed by atoms with van der Waals surface area (Å²) in [5.74, 6) is 3.12. The molecule has 18 heteroatoms. The molecule has 1 aliphatic carbocycles. The number of carbonyl (C=O) groups is 3. The molecule has 352 valence electrons. The van der Waals surface area contributed by atoms with Crippen molar-refractivity contribution < 1.29 is 24.0 Å². The third-order valence-electron chi connectivity index (χ3n) is 16.3. The van der Waals surface area contributed by atoms with Gasteiger partial charge in [-0.1, -0.05) is 12.1 Å². The van der Waals surface area contributed by atoms with E-state index in [1.807, 2.05) is 18.5 Å². The lowest BCUT2D eigenvalue weighted by molar-refractivity contribution is -0.136. The smallest absolute Gasteiger partial charge is 0.255 e. The summed E-state index contributed by atoms with van der Waals surface area (Å²) in [5, 5.41) is 16.0. The van der Waals surface area contributed by atoms with Crippen LogP contribution >= 0.6 is 0 Å². The number of aromatic nitrogens is 4. The Morgan fingerprint density at radius 1 is 0.818 bits per heavy atom. The molecule has 8 aliphatic rings. The number of likely N-dealkylation sites (tertiary alicyclic amines) is 2. The number of imide groups is 1. The van der Waals surface area contributed by atoms with E-state index < -0.39 is 17.2 Å². The van der Waals surface area contributed by atoms with Gasteiger partial charge in [-0.2, -0.15) is 4.98 Å². The van der Waals surface area contributed by atoms with Crippen LogP contribution in [0.15, 0.2) is 35.5 Å². The molecule has 0 spiro atoms. The van der Waals surface area contributed by atoms with Gasteiger partial charge in [-0.25, -0.2) is 15.0 Å². The molecule has 9 heterocycles. The van der Waals surface area contributed by atoms with Gasteiger partial charge < -0.3 is 44.4 Å². The summed E-state index contributed by atoms with van der Waals surface area (Å²) >= 11 is -1.12. The number of benzene rings is 1. The van der Waals surface area contributed by atoms with E-state index in [1.165, 1.54) is 38.0 Å². The van der Waals surface area contributed by atoms with Crippen molar-refractivity contribution >= 4 is 52.3 Å². The van der Waals surface area contributed by atoms with E-state index in [4.69, 9.17) is 19.9 Å². The summed E-state index contributed by atoms with van der Waals surface area (Å²) in [5.41, 5.74) is 4.58. The van der Waals surface area contributed by atoms with Crippen LogP contribution in [0, 0.1) is 5.92 Å². The lowest BCUT2D eigenvalue weighted by Gasteiger charge is -2.43. The second-order valence-corrected chi connectivity index (χ2v) is 21.7. The van der Waals surface area contributed by atoms with Crippen LogP contribution in [0.5, 0.6) is 0 Å². The van der Waals surface area contributed by atoms with Gasteiger partial charge in [0.15, 0.2) is 5.82 Å². The van der Waals surface area contributed by atoms with Crippen LogP contribution in [-0.4, -0.2) is 164 Å². The summed E-state index contributed by atoms with van der Waals surface area (Å²) in [6.07, 6.45) is 15.3. The second-order valence-electron chi connectivity index (χ2n) is 20.2. The third kappa shape index (κ3) is 8.72. The fraction of sp³-hybridized carbons (Fsp3) is 0.646. The van der Waals surface area contributed by atoms with Crippen LogP contribution in [-0.2, 0) is 33.7 Å². The zero-order valence-corrected chi connectivity index (χ0v) is 38.9. The van der Waals surface area contributed by atoms with Crippen molar-refractivity contribution in [1.29, 1.82) is 0 Å². The van der Waals surface area contributed by atoms with Crippen molar-refractivity contribution in [2.24, 2.45) is 5.92 Å². The minimum atomic E-state index is -1.12. The summed E-state index contributed by atoms with van der Waals surface area (Å²) in [6, 6.07) is 6.33. The van der Waals surface area contributed by atoms with Gasteiger partial charge in [0.1, 0.15) is 17.5 Å². The van der Waals surface area contributed by atoms with Gasteiger partial charge in [0.2, 0.25) is 28.6 Å². The molecule has 11 rings (SSSR count). The SMILES string of the molecule is O=C1CCC(N2Cc3cc(C4CCN(CC5CCN(C6CCN(c7cnc(N8CCN(c9nc%10c(c(NC%11(CO)CCC%11)n9)[S@+]([O-])CC%10)CC8)nc7)CC6)CC5)CC4)ccc3C2=O)C(=O)N1. The zero-order valence-electron chi connectivity index (χ0n) is 38.0. The number of aryl methyl sites for hydroxylation is 1. The molecule has 6 fully saturated rings. The average molecular weight is 921 g/mol. The highest BCUT2D eigenvalue weighted by Gasteiger charge is 2.42. The van der Waals surface area contributed by atoms with Crippen molar-refractivity contribution in [3.8, 4) is 0 Å². The van der Waals surface area contributed by atoms with Crippen LogP contribution in [0.2, 0.25) is 0 Å². The van der Waals surface area contributed by atoms with E-state index in [-0.39, 0.29) is 36.3 Å². The first kappa shape index (κ1) is 43.9. The highest BCUT2D eigenvalue weighted by Crippen LogP contribution is 2.40. The highest BCUT2D eigenvalue weighted by atomic mass is 32.2. The van der Waals surface area contributed by atoms with Gasteiger partial charge in [0.25, 0.3) is 5.91 Å². The maximum Gasteiger partial charge on any atom is 0.255 e. The first-order valence-electron chi connectivity index (χ1n) is 24.7. The quantitative estimate of drug-likeness (QED) is 0.188. The molecule has 1 unspecified atom stereocenters. The first-order valence-corrected chi connectivity index (χ1v) is 26.0. The Balaban J connectivity index is 0.602. The summed E-state index contributed by atoms with van der Waals surface area (Å²) in [7, 11) is 0. The number of piperidine rings is 4. The number of aliphatic hydroxyl groups is 1. The second kappa shape index (κ2) is 18.5. The Labute approximate surface area is 390 Å². The van der Waals surface area contributed by atoms with E-state index in [9.17, 15) is 24.0 Å². The summed E-state index contributed by atoms with van der Waals surface area (Å²) in [6.45, 7) is 11.3. The summed E-state index contributed by atoms with van der Waals surface area (Å²) < 4.78 is 12.9. The van der Waals surface area contributed by atoms with Gasteiger partial charge in [-0.15, -0.1) is 0 Å². The molecule has 5 saturated heterocycles. The first-order chi connectivity index (χ1) is 32.2. The molecule has 2 atom stereocenters. The molecule has 17 nitrogen and oxygen atoms in total. The highest BCUT2D eigenvalue weighted by molar-refractivity contribution is 7.91. The number of amides is 3. The zero-order chi connectivity index (χ0) is 44.9. The van der Waals surface area contributed by atoms with Gasteiger partial charge in [-0.3, -0.25) is 19.7 Å². The van der Waals surface area contributed by atoms with E-state index >= 15 is 0 Å². The Morgan fingerprint density at radius 2 is 1.55 bits per heavy atom. The van der Waals surface area contributed by atoms with E-state index in [0.717, 1.165) is 131 Å². The largest absolute Gasteiger partial charge is 0.611 e. The van der Waals surface area contributed by atoms with Gasteiger partial charge in [0.05, 0.1) is 30.2 Å². The molecule has 3 aromatic rings. The van der Waals surface area contributed by atoms with Gasteiger partial charge >= 0.3 is 0 Å². The van der Waals surface area contributed by atoms with E-state index in [2.05, 4.69) is 47.3 Å². The molecular formula is C48H64N12O5S. The number of hydrogen-bond donors (Lipinski definition) is 3. The number of hydrogen-bond acceptors (Lipinski definition) is 15. The Bertz CT molecular complexity index is 2280. The predicted molar refractivity (Wildman–Crippen MR) is 251 cm³/mol. The van der Waals surface area contributed by atoms with Crippen molar-refractivity contribution in [2.75, 3.05) is 104 Å². The third-order valence-corrected chi connectivity index (χ3v) is 17.7.